The van der Waals surface area contributed by atoms with Gasteiger partial charge in [0.2, 0.25) is 0 Å². The zero-order valence-electron chi connectivity index (χ0n) is 5.54. The Bertz CT molecular complexity index is 327. The highest BCUT2D eigenvalue weighted by atomic mass is 19.1. The van der Waals surface area contributed by atoms with E-state index in [0.29, 0.717) is 0 Å². The van der Waals surface area contributed by atoms with E-state index < -0.39 is 11.6 Å². The van der Waals surface area contributed by atoms with Crippen molar-refractivity contribution < 1.29 is 9.18 Å². The van der Waals surface area contributed by atoms with E-state index in [-0.39, 0.29) is 5.56 Å². The number of ketones is 1. The maximum atomic E-state index is 12.7. The molecule has 1 rings (SSSR count). The van der Waals surface area contributed by atoms with E-state index in [1.54, 1.807) is 0 Å². The molecule has 0 radical (unpaired) electrons. The fourth-order valence-corrected chi connectivity index (χ4v) is 0.706. The summed E-state index contributed by atoms with van der Waals surface area (Å²) in [5.41, 5.74) is -0.171. The summed E-state index contributed by atoms with van der Waals surface area (Å²) in [5, 5.41) is 8.15. The molecule has 0 heterocycles. The lowest BCUT2D eigenvalue weighted by atomic mass is 10.1. The third kappa shape index (κ3) is 1.41. The Morgan fingerprint density at radius 1 is 1.45 bits per heavy atom. The number of nitrogens with zero attached hydrogens (tertiary/aromatic N) is 1. The summed E-state index contributed by atoms with van der Waals surface area (Å²) in [6, 6.07) is 6.73. The van der Waals surface area contributed by atoms with Crippen LogP contribution in [0.2, 0.25) is 0 Å². The van der Waals surface area contributed by atoms with Crippen LogP contribution in [0.15, 0.2) is 24.3 Å². The normalized spacial score (nSPS) is 8.73. The largest absolute Gasteiger partial charge is 0.277 e. The molecule has 3 heteroatoms. The van der Waals surface area contributed by atoms with Gasteiger partial charge in [-0.2, -0.15) is 5.26 Å². The Labute approximate surface area is 62.9 Å². The van der Waals surface area contributed by atoms with E-state index in [1.165, 1.54) is 24.3 Å². The Morgan fingerprint density at radius 3 is 2.64 bits per heavy atom. The Morgan fingerprint density at radius 2 is 2.09 bits per heavy atom. The number of hydrogen-bond acceptors (Lipinski definition) is 2. The van der Waals surface area contributed by atoms with Crippen molar-refractivity contribution in [2.45, 2.75) is 0 Å². The lowest BCUT2D eigenvalue weighted by Crippen LogP contribution is -1.97. The predicted octanol–water partition coefficient (Wildman–Crippen LogP) is 1.53. The van der Waals surface area contributed by atoms with Gasteiger partial charge in [0.05, 0.1) is 5.56 Å². The molecule has 54 valence electrons. The van der Waals surface area contributed by atoms with Crippen molar-refractivity contribution in [1.29, 1.82) is 5.26 Å². The van der Waals surface area contributed by atoms with Gasteiger partial charge in [-0.3, -0.25) is 4.79 Å². The summed E-state index contributed by atoms with van der Waals surface area (Å²) >= 11 is 0. The van der Waals surface area contributed by atoms with Gasteiger partial charge in [0, 0.05) is 0 Å². The molecule has 2 nitrogen and oxygen atoms in total. The van der Waals surface area contributed by atoms with E-state index in [2.05, 4.69) is 0 Å². The van der Waals surface area contributed by atoms with Crippen molar-refractivity contribution in [3.8, 4) is 6.07 Å². The van der Waals surface area contributed by atoms with E-state index in [0.717, 1.165) is 6.07 Å². The highest BCUT2D eigenvalue weighted by Crippen LogP contribution is 2.05. The maximum absolute atomic E-state index is 12.7. The first-order valence-electron chi connectivity index (χ1n) is 2.94. The molecule has 0 aliphatic heterocycles. The molecule has 0 saturated carbocycles. The number of benzene rings is 1. The summed E-state index contributed by atoms with van der Waals surface area (Å²) in [7, 11) is 0. The van der Waals surface area contributed by atoms with Gasteiger partial charge in [-0.05, 0) is 12.1 Å². The zero-order chi connectivity index (χ0) is 8.27. The van der Waals surface area contributed by atoms with Crippen molar-refractivity contribution in [2.75, 3.05) is 0 Å². The number of nitriles is 1. The fraction of sp³-hybridized carbons (Fsp3) is 0. The van der Waals surface area contributed by atoms with Gasteiger partial charge in [-0.15, -0.1) is 0 Å². The molecule has 0 aromatic heterocycles. The van der Waals surface area contributed by atoms with Crippen LogP contribution >= 0.6 is 0 Å². The van der Waals surface area contributed by atoms with E-state index in [4.69, 9.17) is 5.26 Å². The molecule has 0 atom stereocenters. The molecule has 0 N–H and O–H groups in total. The topological polar surface area (TPSA) is 40.9 Å². The fourth-order valence-electron chi connectivity index (χ4n) is 0.706. The van der Waals surface area contributed by atoms with Crippen LogP contribution < -0.4 is 0 Å². The van der Waals surface area contributed by atoms with Crippen LogP contribution in [0.4, 0.5) is 4.39 Å². The number of hydrogen-bond donors (Lipinski definition) is 0. The molecule has 0 unspecified atom stereocenters. The monoisotopic (exact) mass is 149 g/mol. The number of halogens is 1. The van der Waals surface area contributed by atoms with Crippen molar-refractivity contribution in [2.24, 2.45) is 0 Å². The minimum Gasteiger partial charge on any atom is -0.277 e. The van der Waals surface area contributed by atoms with Crippen LogP contribution in [0.3, 0.4) is 0 Å². The van der Waals surface area contributed by atoms with Crippen molar-refractivity contribution >= 4 is 5.78 Å². The summed E-state index contributed by atoms with van der Waals surface area (Å²) in [6.07, 6.45) is 0. The van der Waals surface area contributed by atoms with E-state index in [9.17, 15) is 9.18 Å². The van der Waals surface area contributed by atoms with E-state index >= 15 is 0 Å². The average molecular weight is 149 g/mol. The first kappa shape index (κ1) is 7.42. The Kier molecular flexibility index (Phi) is 1.98. The van der Waals surface area contributed by atoms with Gasteiger partial charge in [-0.25, -0.2) is 4.39 Å². The second-order valence-corrected chi connectivity index (χ2v) is 1.92. The lowest BCUT2D eigenvalue weighted by molar-refractivity contribution is 0.105. The van der Waals surface area contributed by atoms with Crippen LogP contribution in [0.25, 0.3) is 0 Å². The van der Waals surface area contributed by atoms with Crippen LogP contribution in [-0.4, -0.2) is 5.78 Å². The second kappa shape index (κ2) is 2.93. The minimum atomic E-state index is -0.844. The average Bonchev–Trinajstić information content (AvgIpc) is 2.04. The molecular formula is C8H4FNO. The molecule has 0 aliphatic rings. The standard InChI is InChI=1S/C8H4FNO/c9-7-4-2-1-3-6(7)8(11)5-10/h1-4H. The van der Waals surface area contributed by atoms with Crippen molar-refractivity contribution in [3.63, 3.8) is 0 Å². The van der Waals surface area contributed by atoms with Gasteiger partial charge in [0.25, 0.3) is 5.78 Å². The highest BCUT2D eigenvalue weighted by molar-refractivity contribution is 6.07. The molecule has 0 aliphatic carbocycles. The third-order valence-electron chi connectivity index (χ3n) is 1.22. The number of Topliss-reactive ketones (excluding diaryl/α,β-unsaturated/α-hetero) is 1. The summed E-state index contributed by atoms with van der Waals surface area (Å²) in [6.45, 7) is 0. The van der Waals surface area contributed by atoms with Gasteiger partial charge >= 0.3 is 0 Å². The summed E-state index contributed by atoms with van der Waals surface area (Å²) < 4.78 is 12.7. The molecular weight excluding hydrogens is 145 g/mol. The first-order chi connectivity index (χ1) is 5.25. The van der Waals surface area contributed by atoms with Gasteiger partial charge < -0.3 is 0 Å². The maximum Gasteiger partial charge on any atom is 0.265 e. The highest BCUT2D eigenvalue weighted by Gasteiger charge is 2.08. The third-order valence-corrected chi connectivity index (χ3v) is 1.22. The molecule has 1 aromatic carbocycles. The van der Waals surface area contributed by atoms with Crippen molar-refractivity contribution in [1.82, 2.24) is 0 Å². The predicted molar refractivity (Wildman–Crippen MR) is 36.3 cm³/mol. The molecule has 0 bridgehead atoms. The number of rotatable bonds is 1. The summed E-state index contributed by atoms with van der Waals surface area (Å²) in [4.78, 5) is 10.6. The molecule has 0 amide bonds. The smallest absolute Gasteiger partial charge is 0.265 e. The number of carbonyl (C=O) groups is 1. The van der Waals surface area contributed by atoms with Crippen LogP contribution in [0, 0.1) is 17.1 Å². The quantitative estimate of drug-likeness (QED) is 0.448. The molecule has 0 fully saturated rings. The van der Waals surface area contributed by atoms with E-state index in [1.807, 2.05) is 0 Å². The summed E-state index contributed by atoms with van der Waals surface area (Å²) in [5.74, 6) is -1.50. The van der Waals surface area contributed by atoms with Gasteiger partial charge in [0.1, 0.15) is 11.9 Å². The molecule has 0 saturated heterocycles. The molecule has 1 aromatic rings. The van der Waals surface area contributed by atoms with Crippen LogP contribution in [-0.2, 0) is 0 Å². The second-order valence-electron chi connectivity index (χ2n) is 1.92. The van der Waals surface area contributed by atoms with Crippen LogP contribution in [0.5, 0.6) is 0 Å². The number of carbonyl (C=O) groups excluding carboxylic acids is 1. The Hall–Kier alpha value is -1.69. The Balaban J connectivity index is 3.16. The van der Waals surface area contributed by atoms with Gasteiger partial charge in [-0.1, -0.05) is 12.1 Å². The van der Waals surface area contributed by atoms with Gasteiger partial charge in [0.15, 0.2) is 0 Å². The molecule has 11 heavy (non-hydrogen) atoms. The first-order valence-corrected chi connectivity index (χ1v) is 2.94. The lowest BCUT2D eigenvalue weighted by Gasteiger charge is -1.92. The molecule has 0 spiro atoms. The minimum absolute atomic E-state index is 0.171. The SMILES string of the molecule is N#CC(=O)c1ccccc1F. The zero-order valence-corrected chi connectivity index (χ0v) is 5.54. The van der Waals surface area contributed by atoms with Crippen LogP contribution in [0.1, 0.15) is 10.4 Å². The van der Waals surface area contributed by atoms with Crippen molar-refractivity contribution in [3.05, 3.63) is 35.6 Å².